The number of nitrogens with zero attached hydrogens (tertiary/aromatic N) is 1. The summed E-state index contributed by atoms with van der Waals surface area (Å²) in [5, 5.41) is 2.51. The maximum atomic E-state index is 13.2. The summed E-state index contributed by atoms with van der Waals surface area (Å²) >= 11 is 0. The first-order valence-corrected chi connectivity index (χ1v) is 5.36. The smallest absolute Gasteiger partial charge is 0.255 e. The van der Waals surface area contributed by atoms with Crippen LogP contribution in [0.2, 0.25) is 0 Å². The zero-order valence-corrected chi connectivity index (χ0v) is 9.98. The molecule has 2 aromatic rings. The second-order valence-corrected chi connectivity index (χ2v) is 3.67. The first-order valence-electron chi connectivity index (χ1n) is 5.36. The SMILES string of the molecule is COc1cc(C(=O)Nc2ccc(F)nc2)ccc1F. The van der Waals surface area contributed by atoms with E-state index < -0.39 is 17.7 Å². The number of benzene rings is 1. The van der Waals surface area contributed by atoms with Gasteiger partial charge in [-0.2, -0.15) is 4.39 Å². The van der Waals surface area contributed by atoms with E-state index in [2.05, 4.69) is 10.3 Å². The van der Waals surface area contributed by atoms with Crippen molar-refractivity contribution in [1.29, 1.82) is 0 Å². The molecular weight excluding hydrogens is 254 g/mol. The maximum Gasteiger partial charge on any atom is 0.255 e. The number of halogens is 2. The van der Waals surface area contributed by atoms with Gasteiger partial charge in [0.2, 0.25) is 5.95 Å². The van der Waals surface area contributed by atoms with Crippen molar-refractivity contribution in [3.05, 3.63) is 53.9 Å². The molecule has 0 bridgehead atoms. The molecule has 0 fully saturated rings. The Morgan fingerprint density at radius 2 is 2.05 bits per heavy atom. The molecule has 0 saturated carbocycles. The van der Waals surface area contributed by atoms with Gasteiger partial charge in [-0.25, -0.2) is 9.37 Å². The van der Waals surface area contributed by atoms with E-state index in [4.69, 9.17) is 4.74 Å². The Balaban J connectivity index is 2.18. The van der Waals surface area contributed by atoms with Gasteiger partial charge in [0.15, 0.2) is 11.6 Å². The molecular formula is C13H10F2N2O2. The van der Waals surface area contributed by atoms with Gasteiger partial charge in [-0.3, -0.25) is 4.79 Å². The molecule has 4 nitrogen and oxygen atoms in total. The van der Waals surface area contributed by atoms with Crippen molar-refractivity contribution < 1.29 is 18.3 Å². The van der Waals surface area contributed by atoms with Crippen molar-refractivity contribution in [2.24, 2.45) is 0 Å². The largest absolute Gasteiger partial charge is 0.494 e. The van der Waals surface area contributed by atoms with E-state index in [1.165, 1.54) is 31.5 Å². The van der Waals surface area contributed by atoms with Crippen LogP contribution >= 0.6 is 0 Å². The van der Waals surface area contributed by atoms with Crippen LogP contribution in [-0.4, -0.2) is 18.0 Å². The number of aromatic nitrogens is 1. The highest BCUT2D eigenvalue weighted by molar-refractivity contribution is 6.04. The van der Waals surface area contributed by atoms with Crippen LogP contribution in [0, 0.1) is 11.8 Å². The Hall–Kier alpha value is -2.50. The predicted octanol–water partition coefficient (Wildman–Crippen LogP) is 2.62. The molecule has 0 spiro atoms. The molecule has 2 rings (SSSR count). The number of carbonyl (C=O) groups excluding carboxylic acids is 1. The molecule has 1 heterocycles. The van der Waals surface area contributed by atoms with Gasteiger partial charge in [-0.15, -0.1) is 0 Å². The van der Waals surface area contributed by atoms with Gasteiger partial charge in [0.25, 0.3) is 5.91 Å². The Labute approximate surface area is 108 Å². The predicted molar refractivity (Wildman–Crippen MR) is 65.1 cm³/mol. The van der Waals surface area contributed by atoms with Crippen LogP contribution in [0.3, 0.4) is 0 Å². The molecule has 1 aromatic heterocycles. The lowest BCUT2D eigenvalue weighted by Crippen LogP contribution is -2.12. The van der Waals surface area contributed by atoms with Gasteiger partial charge in [0, 0.05) is 5.56 Å². The summed E-state index contributed by atoms with van der Waals surface area (Å²) in [6, 6.07) is 6.24. The third-order valence-corrected chi connectivity index (χ3v) is 2.40. The number of ether oxygens (including phenoxy) is 1. The highest BCUT2D eigenvalue weighted by Crippen LogP contribution is 2.19. The monoisotopic (exact) mass is 264 g/mol. The molecule has 0 aliphatic rings. The summed E-state index contributed by atoms with van der Waals surface area (Å²) < 4.78 is 30.6. The minimum absolute atomic E-state index is 0.0233. The van der Waals surface area contributed by atoms with E-state index >= 15 is 0 Å². The van der Waals surface area contributed by atoms with Crippen molar-refractivity contribution in [1.82, 2.24) is 4.98 Å². The van der Waals surface area contributed by atoms with Crippen molar-refractivity contribution in [2.45, 2.75) is 0 Å². The quantitative estimate of drug-likeness (QED) is 0.867. The number of anilines is 1. The minimum Gasteiger partial charge on any atom is -0.494 e. The third-order valence-electron chi connectivity index (χ3n) is 2.40. The highest BCUT2D eigenvalue weighted by atomic mass is 19.1. The molecule has 0 aliphatic carbocycles. The average molecular weight is 264 g/mol. The first-order chi connectivity index (χ1) is 9.10. The number of hydrogen-bond donors (Lipinski definition) is 1. The average Bonchev–Trinajstić information content (AvgIpc) is 2.42. The zero-order chi connectivity index (χ0) is 13.8. The lowest BCUT2D eigenvalue weighted by atomic mass is 10.2. The molecule has 1 aromatic carbocycles. The Bertz CT molecular complexity index is 600. The molecule has 6 heteroatoms. The number of carbonyl (C=O) groups is 1. The molecule has 19 heavy (non-hydrogen) atoms. The fourth-order valence-electron chi connectivity index (χ4n) is 1.45. The molecule has 0 atom stereocenters. The number of rotatable bonds is 3. The Morgan fingerprint density at radius 1 is 1.26 bits per heavy atom. The lowest BCUT2D eigenvalue weighted by molar-refractivity contribution is 0.102. The van der Waals surface area contributed by atoms with Gasteiger partial charge < -0.3 is 10.1 Å². The van der Waals surface area contributed by atoms with Crippen LogP contribution in [0.4, 0.5) is 14.5 Å². The second kappa shape index (κ2) is 5.43. The molecule has 0 radical (unpaired) electrons. The van der Waals surface area contributed by atoms with Gasteiger partial charge in [0.1, 0.15) is 0 Å². The fourth-order valence-corrected chi connectivity index (χ4v) is 1.45. The molecule has 0 unspecified atom stereocenters. The van der Waals surface area contributed by atoms with Crippen LogP contribution in [0.25, 0.3) is 0 Å². The molecule has 0 aliphatic heterocycles. The van der Waals surface area contributed by atoms with Crippen LogP contribution in [-0.2, 0) is 0 Å². The van der Waals surface area contributed by atoms with Crippen LogP contribution in [0.5, 0.6) is 5.75 Å². The molecule has 1 amide bonds. The number of hydrogen-bond acceptors (Lipinski definition) is 3. The summed E-state index contributed by atoms with van der Waals surface area (Å²) in [5.41, 5.74) is 0.567. The van der Waals surface area contributed by atoms with Crippen molar-refractivity contribution in [3.63, 3.8) is 0 Å². The van der Waals surface area contributed by atoms with E-state index in [0.29, 0.717) is 5.69 Å². The molecule has 1 N–H and O–H groups in total. The van der Waals surface area contributed by atoms with Crippen LogP contribution in [0.1, 0.15) is 10.4 Å². The number of nitrogens with one attached hydrogen (secondary N) is 1. The van der Waals surface area contributed by atoms with Gasteiger partial charge in [-0.05, 0) is 30.3 Å². The first kappa shape index (κ1) is 12.9. The molecule has 98 valence electrons. The van der Waals surface area contributed by atoms with E-state index in [1.807, 2.05) is 0 Å². The maximum absolute atomic E-state index is 13.2. The minimum atomic E-state index is -0.638. The number of pyridine rings is 1. The third kappa shape index (κ3) is 3.04. The summed E-state index contributed by atoms with van der Waals surface area (Å²) in [6.45, 7) is 0. The lowest BCUT2D eigenvalue weighted by Gasteiger charge is -2.07. The summed E-state index contributed by atoms with van der Waals surface area (Å²) in [4.78, 5) is 15.3. The summed E-state index contributed by atoms with van der Waals surface area (Å²) in [7, 11) is 1.31. The fraction of sp³-hybridized carbons (Fsp3) is 0.0769. The van der Waals surface area contributed by atoms with E-state index in [1.54, 1.807) is 0 Å². The highest BCUT2D eigenvalue weighted by Gasteiger charge is 2.10. The van der Waals surface area contributed by atoms with Gasteiger partial charge >= 0.3 is 0 Å². The van der Waals surface area contributed by atoms with Crippen LogP contribution in [0.15, 0.2) is 36.5 Å². The second-order valence-electron chi connectivity index (χ2n) is 3.67. The van der Waals surface area contributed by atoms with Gasteiger partial charge in [0.05, 0.1) is 19.0 Å². The Morgan fingerprint density at radius 3 is 2.68 bits per heavy atom. The number of methoxy groups -OCH3 is 1. The standard InChI is InChI=1S/C13H10F2N2O2/c1-19-11-6-8(2-4-10(11)14)13(18)17-9-3-5-12(15)16-7-9/h2-7H,1H3,(H,17,18). The van der Waals surface area contributed by atoms with E-state index in [9.17, 15) is 13.6 Å². The van der Waals surface area contributed by atoms with Gasteiger partial charge in [-0.1, -0.05) is 0 Å². The normalized spacial score (nSPS) is 10.1. The summed E-state index contributed by atoms with van der Waals surface area (Å²) in [5.74, 6) is -1.68. The topological polar surface area (TPSA) is 51.2 Å². The Kier molecular flexibility index (Phi) is 3.70. The van der Waals surface area contributed by atoms with E-state index in [-0.39, 0.29) is 11.3 Å². The van der Waals surface area contributed by atoms with Crippen LogP contribution < -0.4 is 10.1 Å². The van der Waals surface area contributed by atoms with E-state index in [0.717, 1.165) is 12.1 Å². The number of amides is 1. The van der Waals surface area contributed by atoms with Crippen molar-refractivity contribution >= 4 is 11.6 Å². The van der Waals surface area contributed by atoms with Crippen molar-refractivity contribution in [3.8, 4) is 5.75 Å². The zero-order valence-electron chi connectivity index (χ0n) is 9.98. The summed E-state index contributed by atoms with van der Waals surface area (Å²) in [6.07, 6.45) is 1.19. The molecule has 0 saturated heterocycles. The van der Waals surface area contributed by atoms with Crippen molar-refractivity contribution in [2.75, 3.05) is 12.4 Å².